The molecule has 1 fully saturated rings. The molecule has 0 aliphatic heterocycles. The number of benzene rings is 1. The molecule has 17 heavy (non-hydrogen) atoms. The Kier molecular flexibility index (Phi) is 4.05. The molecule has 1 aromatic rings. The van der Waals surface area contributed by atoms with Crippen LogP contribution < -0.4 is 5.73 Å². The maximum Gasteiger partial charge on any atom is 0.338 e. The Labute approximate surface area is 109 Å². The molecule has 0 heterocycles. The van der Waals surface area contributed by atoms with Crippen LogP contribution in [0.5, 0.6) is 0 Å². The minimum atomic E-state index is -0.266. The van der Waals surface area contributed by atoms with Crippen molar-refractivity contribution in [3.05, 3.63) is 28.2 Å². The molecule has 0 atom stereocenters. The fourth-order valence-corrected chi connectivity index (χ4v) is 2.49. The average molecular weight is 298 g/mol. The summed E-state index contributed by atoms with van der Waals surface area (Å²) in [4.78, 5) is 11.8. The molecule has 2 N–H and O–H groups in total. The van der Waals surface area contributed by atoms with Crippen LogP contribution in [0.15, 0.2) is 22.7 Å². The first kappa shape index (κ1) is 12.4. The van der Waals surface area contributed by atoms with Gasteiger partial charge in [0.2, 0.25) is 0 Å². The van der Waals surface area contributed by atoms with E-state index >= 15 is 0 Å². The van der Waals surface area contributed by atoms with E-state index in [1.54, 1.807) is 18.2 Å². The zero-order valence-electron chi connectivity index (χ0n) is 9.62. The van der Waals surface area contributed by atoms with Crippen LogP contribution in [0.2, 0.25) is 0 Å². The molecule has 0 radical (unpaired) electrons. The van der Waals surface area contributed by atoms with Gasteiger partial charge in [-0.25, -0.2) is 4.79 Å². The van der Waals surface area contributed by atoms with Crippen LogP contribution >= 0.6 is 15.9 Å². The summed E-state index contributed by atoms with van der Waals surface area (Å²) in [5, 5.41) is 0. The van der Waals surface area contributed by atoms with E-state index in [0.717, 1.165) is 4.47 Å². The largest absolute Gasteiger partial charge is 0.462 e. The molecule has 1 aromatic carbocycles. The van der Waals surface area contributed by atoms with Crippen molar-refractivity contribution in [1.82, 2.24) is 0 Å². The molecule has 0 amide bonds. The predicted molar refractivity (Wildman–Crippen MR) is 70.8 cm³/mol. The van der Waals surface area contributed by atoms with Crippen LogP contribution in [-0.4, -0.2) is 12.6 Å². The van der Waals surface area contributed by atoms with Crippen molar-refractivity contribution in [2.75, 3.05) is 12.3 Å². The highest BCUT2D eigenvalue weighted by Crippen LogP contribution is 2.25. The number of ether oxygens (including phenoxy) is 1. The van der Waals surface area contributed by atoms with E-state index in [9.17, 15) is 4.79 Å². The fourth-order valence-electron chi connectivity index (χ4n) is 2.11. The van der Waals surface area contributed by atoms with Gasteiger partial charge in [-0.05, 0) is 52.9 Å². The lowest BCUT2D eigenvalue weighted by molar-refractivity contribution is 0.0442. The van der Waals surface area contributed by atoms with Gasteiger partial charge in [-0.2, -0.15) is 0 Å². The Bertz CT molecular complexity index is 414. The van der Waals surface area contributed by atoms with Gasteiger partial charge in [0.05, 0.1) is 12.2 Å². The number of nitrogens with two attached hydrogens (primary N) is 1. The Hall–Kier alpha value is -1.03. The number of hydrogen-bond donors (Lipinski definition) is 1. The Morgan fingerprint density at radius 2 is 2.12 bits per heavy atom. The molecule has 0 bridgehead atoms. The molecular formula is C13H16BrNO2. The SMILES string of the molecule is Nc1ccc(C(=O)OCC2CCCC2)cc1Br. The minimum absolute atomic E-state index is 0.266. The summed E-state index contributed by atoms with van der Waals surface area (Å²) < 4.78 is 6.04. The summed E-state index contributed by atoms with van der Waals surface area (Å²) in [6, 6.07) is 5.10. The maximum absolute atomic E-state index is 11.8. The molecular weight excluding hydrogens is 282 g/mol. The van der Waals surface area contributed by atoms with Crippen LogP contribution in [0.4, 0.5) is 5.69 Å². The normalized spacial score (nSPS) is 16.1. The summed E-state index contributed by atoms with van der Waals surface area (Å²) in [6.45, 7) is 0.542. The van der Waals surface area contributed by atoms with Gasteiger partial charge in [-0.3, -0.25) is 0 Å². The third-order valence-electron chi connectivity index (χ3n) is 3.16. The molecule has 92 valence electrons. The second kappa shape index (κ2) is 5.54. The third-order valence-corrected chi connectivity index (χ3v) is 3.85. The summed E-state index contributed by atoms with van der Waals surface area (Å²) in [6.07, 6.45) is 4.88. The molecule has 4 heteroatoms. The van der Waals surface area contributed by atoms with Crippen molar-refractivity contribution in [1.29, 1.82) is 0 Å². The Balaban J connectivity index is 1.92. The number of halogens is 1. The molecule has 2 rings (SSSR count). The van der Waals surface area contributed by atoms with Gasteiger partial charge in [0, 0.05) is 10.2 Å². The Morgan fingerprint density at radius 1 is 1.41 bits per heavy atom. The molecule has 0 aromatic heterocycles. The molecule has 1 saturated carbocycles. The monoisotopic (exact) mass is 297 g/mol. The van der Waals surface area contributed by atoms with Crippen molar-refractivity contribution < 1.29 is 9.53 Å². The van der Waals surface area contributed by atoms with Crippen molar-refractivity contribution >= 4 is 27.6 Å². The van der Waals surface area contributed by atoms with E-state index in [0.29, 0.717) is 23.8 Å². The van der Waals surface area contributed by atoms with Crippen molar-refractivity contribution in [3.8, 4) is 0 Å². The molecule has 0 unspecified atom stereocenters. The predicted octanol–water partition coefficient (Wildman–Crippen LogP) is 3.38. The highest BCUT2D eigenvalue weighted by atomic mass is 79.9. The number of hydrogen-bond acceptors (Lipinski definition) is 3. The van der Waals surface area contributed by atoms with Crippen LogP contribution in [0.1, 0.15) is 36.0 Å². The van der Waals surface area contributed by atoms with E-state index < -0.39 is 0 Å². The molecule has 3 nitrogen and oxygen atoms in total. The van der Waals surface area contributed by atoms with Crippen LogP contribution in [0, 0.1) is 5.92 Å². The van der Waals surface area contributed by atoms with Crippen LogP contribution in [0.3, 0.4) is 0 Å². The zero-order chi connectivity index (χ0) is 12.3. The second-order valence-corrected chi connectivity index (χ2v) is 5.34. The van der Waals surface area contributed by atoms with Gasteiger partial charge in [-0.15, -0.1) is 0 Å². The summed E-state index contributed by atoms with van der Waals surface area (Å²) in [5.74, 6) is 0.286. The minimum Gasteiger partial charge on any atom is -0.462 e. The summed E-state index contributed by atoms with van der Waals surface area (Å²) in [7, 11) is 0. The third kappa shape index (κ3) is 3.22. The first-order valence-electron chi connectivity index (χ1n) is 5.89. The van der Waals surface area contributed by atoms with E-state index in [4.69, 9.17) is 10.5 Å². The molecule has 0 saturated heterocycles. The van der Waals surface area contributed by atoms with E-state index in [2.05, 4.69) is 15.9 Å². The van der Waals surface area contributed by atoms with E-state index in [1.165, 1.54) is 25.7 Å². The average Bonchev–Trinajstić information content (AvgIpc) is 2.82. The topological polar surface area (TPSA) is 52.3 Å². The van der Waals surface area contributed by atoms with Crippen molar-refractivity contribution in [3.63, 3.8) is 0 Å². The number of esters is 1. The molecule has 1 aliphatic carbocycles. The lowest BCUT2D eigenvalue weighted by Crippen LogP contribution is -2.12. The first-order chi connectivity index (χ1) is 8.16. The number of carbonyl (C=O) groups excluding carboxylic acids is 1. The maximum atomic E-state index is 11.8. The number of anilines is 1. The van der Waals surface area contributed by atoms with Crippen LogP contribution in [-0.2, 0) is 4.74 Å². The van der Waals surface area contributed by atoms with Gasteiger partial charge in [0.25, 0.3) is 0 Å². The standard InChI is InChI=1S/C13H16BrNO2/c14-11-7-10(5-6-12(11)15)13(16)17-8-9-3-1-2-4-9/h5-7,9H,1-4,8,15H2. The molecule has 0 spiro atoms. The number of rotatable bonds is 3. The Morgan fingerprint density at radius 3 is 2.76 bits per heavy atom. The van der Waals surface area contributed by atoms with Crippen molar-refractivity contribution in [2.45, 2.75) is 25.7 Å². The first-order valence-corrected chi connectivity index (χ1v) is 6.68. The van der Waals surface area contributed by atoms with Gasteiger partial charge >= 0.3 is 5.97 Å². The highest BCUT2D eigenvalue weighted by molar-refractivity contribution is 9.10. The highest BCUT2D eigenvalue weighted by Gasteiger charge is 2.17. The van der Waals surface area contributed by atoms with Crippen molar-refractivity contribution in [2.24, 2.45) is 5.92 Å². The van der Waals surface area contributed by atoms with Gasteiger partial charge in [0.1, 0.15) is 0 Å². The van der Waals surface area contributed by atoms with Crippen LogP contribution in [0.25, 0.3) is 0 Å². The number of carbonyl (C=O) groups is 1. The second-order valence-electron chi connectivity index (χ2n) is 4.49. The van der Waals surface area contributed by atoms with Gasteiger partial charge < -0.3 is 10.5 Å². The smallest absolute Gasteiger partial charge is 0.338 e. The van der Waals surface area contributed by atoms with E-state index in [1.807, 2.05) is 0 Å². The summed E-state index contributed by atoms with van der Waals surface area (Å²) in [5.41, 5.74) is 6.83. The van der Waals surface area contributed by atoms with E-state index in [-0.39, 0.29) is 5.97 Å². The number of nitrogen functional groups attached to an aromatic ring is 1. The zero-order valence-corrected chi connectivity index (χ0v) is 11.2. The fraction of sp³-hybridized carbons (Fsp3) is 0.462. The van der Waals surface area contributed by atoms with Gasteiger partial charge in [-0.1, -0.05) is 12.8 Å². The quantitative estimate of drug-likeness (QED) is 0.687. The lowest BCUT2D eigenvalue weighted by atomic mass is 10.1. The molecule has 1 aliphatic rings. The summed E-state index contributed by atoms with van der Waals surface area (Å²) >= 11 is 3.30. The lowest BCUT2D eigenvalue weighted by Gasteiger charge is -2.10. The van der Waals surface area contributed by atoms with Gasteiger partial charge in [0.15, 0.2) is 0 Å².